The Balaban J connectivity index is 2.39. The first-order chi connectivity index (χ1) is 8.54. The summed E-state index contributed by atoms with van der Waals surface area (Å²) in [6.07, 6.45) is 1.78. The Hall–Kier alpha value is -1.06. The van der Waals surface area contributed by atoms with Crippen molar-refractivity contribution < 1.29 is 9.90 Å². The van der Waals surface area contributed by atoms with Gasteiger partial charge >= 0.3 is 0 Å². The molecule has 18 heavy (non-hydrogen) atoms. The number of carbonyl (C=O) groups excluding carboxylic acids is 1. The van der Waals surface area contributed by atoms with Crippen molar-refractivity contribution in [3.8, 4) is 0 Å². The smallest absolute Gasteiger partial charge is 0.251 e. The molecule has 0 aliphatic heterocycles. The molecule has 4 heteroatoms. The lowest BCUT2D eigenvalue weighted by molar-refractivity contribution is 0.0952. The molecule has 0 bridgehead atoms. The molecule has 0 fully saturated rings. The van der Waals surface area contributed by atoms with Crippen LogP contribution in [0.1, 0.15) is 35.7 Å². The highest BCUT2D eigenvalue weighted by atomic mass is 35.5. The number of halogens is 1. The van der Waals surface area contributed by atoms with E-state index in [1.807, 2.05) is 19.9 Å². The Kier molecular flexibility index (Phi) is 6.16. The van der Waals surface area contributed by atoms with E-state index in [1.165, 1.54) is 0 Å². The van der Waals surface area contributed by atoms with Crippen LogP contribution in [0.15, 0.2) is 18.2 Å². The van der Waals surface area contributed by atoms with Gasteiger partial charge in [-0.25, -0.2) is 0 Å². The van der Waals surface area contributed by atoms with Gasteiger partial charge in [-0.3, -0.25) is 4.79 Å². The van der Waals surface area contributed by atoms with Gasteiger partial charge in [-0.15, -0.1) is 0 Å². The molecule has 1 aromatic carbocycles. The molecule has 0 heterocycles. The van der Waals surface area contributed by atoms with Crippen LogP contribution in [0.25, 0.3) is 0 Å². The summed E-state index contributed by atoms with van der Waals surface area (Å²) in [5, 5.41) is 12.3. The lowest BCUT2D eigenvalue weighted by Crippen LogP contribution is -2.24. The van der Waals surface area contributed by atoms with Gasteiger partial charge in [-0.2, -0.15) is 0 Å². The van der Waals surface area contributed by atoms with Crippen LogP contribution in [0.4, 0.5) is 0 Å². The number of aliphatic hydroxyl groups excluding tert-OH is 1. The molecule has 0 saturated carbocycles. The molecule has 100 valence electrons. The molecule has 3 nitrogen and oxygen atoms in total. The van der Waals surface area contributed by atoms with Gasteiger partial charge in [-0.1, -0.05) is 24.6 Å². The predicted octanol–water partition coefficient (Wildman–Crippen LogP) is 2.79. The Labute approximate surface area is 113 Å². The first-order valence-corrected chi connectivity index (χ1v) is 6.57. The van der Waals surface area contributed by atoms with Crippen LogP contribution in [-0.2, 0) is 0 Å². The van der Waals surface area contributed by atoms with Gasteiger partial charge in [-0.05, 0) is 43.4 Å². The van der Waals surface area contributed by atoms with E-state index in [9.17, 15) is 4.79 Å². The van der Waals surface area contributed by atoms with E-state index in [4.69, 9.17) is 16.7 Å². The monoisotopic (exact) mass is 269 g/mol. The number of amides is 1. The molecule has 2 N–H and O–H groups in total. The summed E-state index contributed by atoms with van der Waals surface area (Å²) in [7, 11) is 0. The fourth-order valence-corrected chi connectivity index (χ4v) is 1.76. The van der Waals surface area contributed by atoms with E-state index in [1.54, 1.807) is 12.1 Å². The Morgan fingerprint density at radius 3 is 2.83 bits per heavy atom. The number of hydrogen-bond donors (Lipinski definition) is 2. The first-order valence-electron chi connectivity index (χ1n) is 6.19. The molecule has 1 aromatic rings. The van der Waals surface area contributed by atoms with Crippen molar-refractivity contribution in [2.24, 2.45) is 5.92 Å². The fraction of sp³-hybridized carbons (Fsp3) is 0.500. The molecule has 1 atom stereocenters. The van der Waals surface area contributed by atoms with Crippen molar-refractivity contribution in [3.63, 3.8) is 0 Å². The van der Waals surface area contributed by atoms with Crippen LogP contribution in [-0.4, -0.2) is 24.2 Å². The van der Waals surface area contributed by atoms with Crippen molar-refractivity contribution in [3.05, 3.63) is 34.3 Å². The van der Waals surface area contributed by atoms with Gasteiger partial charge in [0.05, 0.1) is 0 Å². The summed E-state index contributed by atoms with van der Waals surface area (Å²) in [5.41, 5.74) is 1.55. The van der Waals surface area contributed by atoms with Crippen LogP contribution in [0.5, 0.6) is 0 Å². The summed E-state index contributed by atoms with van der Waals surface area (Å²) in [4.78, 5) is 11.8. The van der Waals surface area contributed by atoms with Crippen molar-refractivity contribution in [2.45, 2.75) is 26.7 Å². The molecule has 0 aromatic heterocycles. The standard InChI is InChI=1S/C14H20ClNO2/c1-10(9-17)4-3-7-16-14(18)12-6-5-11(2)13(15)8-12/h5-6,8,10,17H,3-4,7,9H2,1-2H3,(H,16,18). The second-order valence-corrected chi connectivity index (χ2v) is 5.06. The molecule has 0 spiro atoms. The van der Waals surface area contributed by atoms with E-state index in [0.29, 0.717) is 17.1 Å². The summed E-state index contributed by atoms with van der Waals surface area (Å²) in [6, 6.07) is 5.29. The zero-order chi connectivity index (χ0) is 13.5. The van der Waals surface area contributed by atoms with Gasteiger partial charge in [0.15, 0.2) is 0 Å². The van der Waals surface area contributed by atoms with Crippen LogP contribution in [0, 0.1) is 12.8 Å². The molecule has 0 saturated heterocycles. The van der Waals surface area contributed by atoms with Gasteiger partial charge in [0, 0.05) is 23.7 Å². The van der Waals surface area contributed by atoms with Crippen molar-refractivity contribution in [2.75, 3.05) is 13.2 Å². The molecule has 1 rings (SSSR count). The SMILES string of the molecule is Cc1ccc(C(=O)NCCCC(C)CO)cc1Cl. The van der Waals surface area contributed by atoms with E-state index < -0.39 is 0 Å². The van der Waals surface area contributed by atoms with E-state index in [-0.39, 0.29) is 18.4 Å². The summed E-state index contributed by atoms with van der Waals surface area (Å²) in [6.45, 7) is 4.71. The van der Waals surface area contributed by atoms with Crippen LogP contribution < -0.4 is 5.32 Å². The number of rotatable bonds is 6. The van der Waals surface area contributed by atoms with Gasteiger partial charge < -0.3 is 10.4 Å². The third kappa shape index (κ3) is 4.67. The number of benzene rings is 1. The topological polar surface area (TPSA) is 49.3 Å². The van der Waals surface area contributed by atoms with Crippen LogP contribution >= 0.6 is 11.6 Å². The second kappa shape index (κ2) is 7.39. The highest BCUT2D eigenvalue weighted by Gasteiger charge is 2.07. The fourth-order valence-electron chi connectivity index (χ4n) is 1.58. The minimum Gasteiger partial charge on any atom is -0.396 e. The highest BCUT2D eigenvalue weighted by Crippen LogP contribution is 2.16. The van der Waals surface area contributed by atoms with E-state index >= 15 is 0 Å². The number of aryl methyl sites for hydroxylation is 1. The molecule has 0 aliphatic rings. The first kappa shape index (κ1) is 15.0. The zero-order valence-electron chi connectivity index (χ0n) is 10.9. The summed E-state index contributed by atoms with van der Waals surface area (Å²) < 4.78 is 0. The van der Waals surface area contributed by atoms with Crippen molar-refractivity contribution in [1.82, 2.24) is 5.32 Å². The van der Waals surface area contributed by atoms with E-state index in [0.717, 1.165) is 18.4 Å². The Morgan fingerprint density at radius 1 is 1.50 bits per heavy atom. The lowest BCUT2D eigenvalue weighted by Gasteiger charge is -2.09. The van der Waals surface area contributed by atoms with Gasteiger partial charge in [0.25, 0.3) is 5.91 Å². The molecule has 1 amide bonds. The third-order valence-corrected chi connectivity index (χ3v) is 3.31. The second-order valence-electron chi connectivity index (χ2n) is 4.65. The normalized spacial score (nSPS) is 12.2. The third-order valence-electron chi connectivity index (χ3n) is 2.90. The van der Waals surface area contributed by atoms with Gasteiger partial charge in [0.2, 0.25) is 0 Å². The largest absolute Gasteiger partial charge is 0.396 e. The minimum atomic E-state index is -0.103. The Morgan fingerprint density at radius 2 is 2.22 bits per heavy atom. The van der Waals surface area contributed by atoms with E-state index in [2.05, 4.69) is 5.32 Å². The number of carbonyl (C=O) groups is 1. The number of hydrogen-bond acceptors (Lipinski definition) is 2. The number of nitrogens with one attached hydrogen (secondary N) is 1. The van der Waals surface area contributed by atoms with Crippen molar-refractivity contribution >= 4 is 17.5 Å². The Bertz CT molecular complexity index is 407. The quantitative estimate of drug-likeness (QED) is 0.780. The zero-order valence-corrected chi connectivity index (χ0v) is 11.6. The summed E-state index contributed by atoms with van der Waals surface area (Å²) >= 11 is 5.97. The van der Waals surface area contributed by atoms with Gasteiger partial charge in [0.1, 0.15) is 0 Å². The molecular formula is C14H20ClNO2. The van der Waals surface area contributed by atoms with Crippen molar-refractivity contribution in [1.29, 1.82) is 0 Å². The van der Waals surface area contributed by atoms with Crippen LogP contribution in [0.3, 0.4) is 0 Å². The average molecular weight is 270 g/mol. The maximum absolute atomic E-state index is 11.8. The maximum atomic E-state index is 11.8. The van der Waals surface area contributed by atoms with Crippen LogP contribution in [0.2, 0.25) is 5.02 Å². The minimum absolute atomic E-state index is 0.103. The summed E-state index contributed by atoms with van der Waals surface area (Å²) in [5.74, 6) is 0.185. The average Bonchev–Trinajstić information content (AvgIpc) is 2.37. The molecule has 0 radical (unpaired) electrons. The maximum Gasteiger partial charge on any atom is 0.251 e. The highest BCUT2D eigenvalue weighted by molar-refractivity contribution is 6.31. The number of aliphatic hydroxyl groups is 1. The molecular weight excluding hydrogens is 250 g/mol. The molecule has 0 aliphatic carbocycles. The lowest BCUT2D eigenvalue weighted by atomic mass is 10.1. The predicted molar refractivity (Wildman–Crippen MR) is 74.0 cm³/mol. The molecule has 1 unspecified atom stereocenters.